The van der Waals surface area contributed by atoms with E-state index in [0.717, 1.165) is 78.2 Å². The molecular weight excluding hydrogens is 451 g/mol. The fourth-order valence-electron chi connectivity index (χ4n) is 4.92. The molecular formula is C29H27FN6. The van der Waals surface area contributed by atoms with Gasteiger partial charge in [-0.2, -0.15) is 5.10 Å². The summed E-state index contributed by atoms with van der Waals surface area (Å²) in [6.45, 7) is 4.94. The molecule has 0 atom stereocenters. The van der Waals surface area contributed by atoms with Gasteiger partial charge in [0.1, 0.15) is 18.0 Å². The van der Waals surface area contributed by atoms with Crippen molar-refractivity contribution < 1.29 is 4.39 Å². The SMILES string of the molecule is Fc1ccc(-c2[nH]ncc2-c2ccc3ncnc(N4CCN(CCc5ccccc5)CC4)c3c2)cc1. The van der Waals surface area contributed by atoms with Crippen LogP contribution in [0.25, 0.3) is 33.3 Å². The highest BCUT2D eigenvalue weighted by Gasteiger charge is 2.20. The predicted octanol–water partition coefficient (Wildman–Crippen LogP) is 5.19. The Bertz CT molecular complexity index is 1460. The van der Waals surface area contributed by atoms with E-state index in [0.29, 0.717) is 0 Å². The maximum Gasteiger partial charge on any atom is 0.139 e. The molecule has 0 radical (unpaired) electrons. The summed E-state index contributed by atoms with van der Waals surface area (Å²) in [6.07, 6.45) is 4.54. The average molecular weight is 479 g/mol. The quantitative estimate of drug-likeness (QED) is 0.364. The van der Waals surface area contributed by atoms with E-state index in [2.05, 4.69) is 67.4 Å². The first-order chi connectivity index (χ1) is 17.7. The molecule has 0 aliphatic carbocycles. The highest BCUT2D eigenvalue weighted by Crippen LogP contribution is 2.34. The lowest BCUT2D eigenvalue weighted by molar-refractivity contribution is 0.260. The number of benzene rings is 3. The maximum absolute atomic E-state index is 13.4. The lowest BCUT2D eigenvalue weighted by atomic mass is 10.00. The third kappa shape index (κ3) is 4.57. The number of fused-ring (bicyclic) bond motifs is 1. The van der Waals surface area contributed by atoms with Gasteiger partial charge in [0.15, 0.2) is 0 Å². The molecule has 7 heteroatoms. The molecule has 36 heavy (non-hydrogen) atoms. The first-order valence-electron chi connectivity index (χ1n) is 12.3. The number of H-pyrrole nitrogens is 1. The first-order valence-corrected chi connectivity index (χ1v) is 12.3. The molecule has 1 aliphatic heterocycles. The van der Waals surface area contributed by atoms with Crippen LogP contribution < -0.4 is 4.90 Å². The van der Waals surface area contributed by atoms with Crippen LogP contribution in [0.1, 0.15) is 5.56 Å². The number of nitrogens with zero attached hydrogens (tertiary/aromatic N) is 5. The van der Waals surface area contributed by atoms with Crippen molar-refractivity contribution in [3.05, 3.63) is 96.7 Å². The van der Waals surface area contributed by atoms with Crippen LogP contribution in [0.2, 0.25) is 0 Å². The van der Waals surface area contributed by atoms with Crippen molar-refractivity contribution >= 4 is 16.7 Å². The molecule has 0 saturated carbocycles. The molecule has 0 spiro atoms. The monoisotopic (exact) mass is 478 g/mol. The molecule has 3 aromatic carbocycles. The molecule has 5 aromatic rings. The van der Waals surface area contributed by atoms with Gasteiger partial charge in [0, 0.05) is 49.2 Å². The van der Waals surface area contributed by atoms with E-state index in [9.17, 15) is 4.39 Å². The highest BCUT2D eigenvalue weighted by molar-refractivity contribution is 5.94. The molecule has 0 amide bonds. The summed E-state index contributed by atoms with van der Waals surface area (Å²) in [5.41, 5.74) is 6.03. The van der Waals surface area contributed by atoms with Gasteiger partial charge in [0.25, 0.3) is 0 Å². The average Bonchev–Trinajstić information content (AvgIpc) is 3.43. The zero-order chi connectivity index (χ0) is 24.3. The minimum Gasteiger partial charge on any atom is -0.353 e. The number of anilines is 1. The summed E-state index contributed by atoms with van der Waals surface area (Å²) in [7, 11) is 0. The van der Waals surface area contributed by atoms with Crippen molar-refractivity contribution in [3.8, 4) is 22.4 Å². The van der Waals surface area contributed by atoms with Gasteiger partial charge < -0.3 is 4.90 Å². The van der Waals surface area contributed by atoms with E-state index in [1.807, 2.05) is 12.3 Å². The van der Waals surface area contributed by atoms with Gasteiger partial charge in [-0.15, -0.1) is 0 Å². The van der Waals surface area contributed by atoms with Crippen molar-refractivity contribution in [1.29, 1.82) is 0 Å². The Morgan fingerprint density at radius 1 is 0.833 bits per heavy atom. The number of hydrogen-bond acceptors (Lipinski definition) is 5. The van der Waals surface area contributed by atoms with E-state index in [-0.39, 0.29) is 5.82 Å². The molecule has 0 bridgehead atoms. The van der Waals surface area contributed by atoms with Crippen LogP contribution in [0.4, 0.5) is 10.2 Å². The highest BCUT2D eigenvalue weighted by atomic mass is 19.1. The number of piperazine rings is 1. The standard InChI is InChI=1S/C29H27FN6/c30-24-9-6-22(7-10-24)28-26(19-33-34-28)23-8-11-27-25(18-23)29(32-20-31-27)36-16-14-35(15-17-36)13-12-21-4-2-1-3-5-21/h1-11,18-20H,12-17H2,(H,33,34). The smallest absolute Gasteiger partial charge is 0.139 e. The molecule has 1 fully saturated rings. The first kappa shape index (κ1) is 22.4. The van der Waals surface area contributed by atoms with Crippen LogP contribution in [0.3, 0.4) is 0 Å². The van der Waals surface area contributed by atoms with Crippen LogP contribution >= 0.6 is 0 Å². The van der Waals surface area contributed by atoms with Crippen molar-refractivity contribution in [3.63, 3.8) is 0 Å². The Kier molecular flexibility index (Phi) is 6.13. The molecule has 180 valence electrons. The molecule has 2 aromatic heterocycles. The zero-order valence-electron chi connectivity index (χ0n) is 19.9. The van der Waals surface area contributed by atoms with Crippen LogP contribution in [0.5, 0.6) is 0 Å². The summed E-state index contributed by atoms with van der Waals surface area (Å²) >= 11 is 0. The van der Waals surface area contributed by atoms with Crippen molar-refractivity contribution in [2.75, 3.05) is 37.6 Å². The number of hydrogen-bond donors (Lipinski definition) is 1. The van der Waals surface area contributed by atoms with Crippen LogP contribution in [-0.2, 0) is 6.42 Å². The topological polar surface area (TPSA) is 60.9 Å². The van der Waals surface area contributed by atoms with Crippen LogP contribution in [0.15, 0.2) is 85.3 Å². The Morgan fingerprint density at radius 2 is 1.61 bits per heavy atom. The van der Waals surface area contributed by atoms with E-state index in [1.165, 1.54) is 17.7 Å². The van der Waals surface area contributed by atoms with Gasteiger partial charge in [-0.05, 0) is 53.9 Å². The fraction of sp³-hybridized carbons (Fsp3) is 0.207. The van der Waals surface area contributed by atoms with Crippen molar-refractivity contribution in [2.45, 2.75) is 6.42 Å². The second-order valence-electron chi connectivity index (χ2n) is 9.16. The number of aromatic nitrogens is 4. The summed E-state index contributed by atoms with van der Waals surface area (Å²) in [5.74, 6) is 0.712. The van der Waals surface area contributed by atoms with Gasteiger partial charge in [-0.25, -0.2) is 14.4 Å². The Labute approximate surface area is 209 Å². The number of halogens is 1. The molecule has 1 aliphatic rings. The van der Waals surface area contributed by atoms with Crippen LogP contribution in [0, 0.1) is 5.82 Å². The minimum absolute atomic E-state index is 0.257. The van der Waals surface area contributed by atoms with E-state index < -0.39 is 0 Å². The number of rotatable bonds is 6. The second-order valence-corrected chi connectivity index (χ2v) is 9.16. The number of aromatic amines is 1. The van der Waals surface area contributed by atoms with Gasteiger partial charge in [-0.1, -0.05) is 36.4 Å². The van der Waals surface area contributed by atoms with Crippen molar-refractivity contribution in [2.24, 2.45) is 0 Å². The van der Waals surface area contributed by atoms with Gasteiger partial charge in [-0.3, -0.25) is 10.00 Å². The Balaban J connectivity index is 1.23. The van der Waals surface area contributed by atoms with Crippen LogP contribution in [-0.4, -0.2) is 57.8 Å². The third-order valence-corrected chi connectivity index (χ3v) is 6.93. The lowest BCUT2D eigenvalue weighted by Crippen LogP contribution is -2.47. The lowest BCUT2D eigenvalue weighted by Gasteiger charge is -2.35. The summed E-state index contributed by atoms with van der Waals surface area (Å²) < 4.78 is 13.4. The summed E-state index contributed by atoms with van der Waals surface area (Å²) in [4.78, 5) is 14.1. The molecule has 1 saturated heterocycles. The molecule has 6 nitrogen and oxygen atoms in total. The van der Waals surface area contributed by atoms with Crippen molar-refractivity contribution in [1.82, 2.24) is 25.1 Å². The van der Waals surface area contributed by atoms with Gasteiger partial charge in [0.2, 0.25) is 0 Å². The summed E-state index contributed by atoms with van der Waals surface area (Å²) in [6, 6.07) is 23.4. The van der Waals surface area contributed by atoms with E-state index >= 15 is 0 Å². The van der Waals surface area contributed by atoms with Gasteiger partial charge >= 0.3 is 0 Å². The zero-order valence-corrected chi connectivity index (χ0v) is 19.9. The van der Waals surface area contributed by atoms with E-state index in [1.54, 1.807) is 18.5 Å². The minimum atomic E-state index is -0.257. The second kappa shape index (κ2) is 9.87. The summed E-state index contributed by atoms with van der Waals surface area (Å²) in [5, 5.41) is 8.37. The maximum atomic E-state index is 13.4. The fourth-order valence-corrected chi connectivity index (χ4v) is 4.92. The molecule has 1 N–H and O–H groups in total. The van der Waals surface area contributed by atoms with Gasteiger partial charge in [0.05, 0.1) is 17.4 Å². The largest absolute Gasteiger partial charge is 0.353 e. The Morgan fingerprint density at radius 3 is 2.42 bits per heavy atom. The third-order valence-electron chi connectivity index (χ3n) is 6.93. The normalized spacial score (nSPS) is 14.4. The number of nitrogens with one attached hydrogen (secondary N) is 1. The molecule has 0 unspecified atom stereocenters. The Hall–Kier alpha value is -4.10. The van der Waals surface area contributed by atoms with E-state index in [4.69, 9.17) is 4.98 Å². The molecule has 6 rings (SSSR count). The molecule has 3 heterocycles. The predicted molar refractivity (Wildman–Crippen MR) is 141 cm³/mol.